The summed E-state index contributed by atoms with van der Waals surface area (Å²) in [6.07, 6.45) is 16.3. The number of para-hydroxylation sites is 1. The zero-order valence-electron chi connectivity index (χ0n) is 32.1. The van der Waals surface area contributed by atoms with E-state index in [1.54, 1.807) is 0 Å². The van der Waals surface area contributed by atoms with Crippen LogP contribution in [0.1, 0.15) is 68.6 Å². The second kappa shape index (κ2) is 14.1. The van der Waals surface area contributed by atoms with Crippen molar-refractivity contribution in [2.24, 2.45) is 9.98 Å². The average Bonchev–Trinajstić information content (AvgIpc) is 3.80. The summed E-state index contributed by atoms with van der Waals surface area (Å²) in [6.45, 7) is 0. The van der Waals surface area contributed by atoms with Crippen molar-refractivity contribution in [2.45, 2.75) is 38.1 Å². The molecule has 5 heteroatoms. The van der Waals surface area contributed by atoms with Crippen LogP contribution in [0.2, 0.25) is 0 Å². The molecule has 0 saturated heterocycles. The second-order valence-corrected chi connectivity index (χ2v) is 15.5. The van der Waals surface area contributed by atoms with E-state index in [9.17, 15) is 0 Å². The quantitative estimate of drug-likeness (QED) is 0.138. The van der Waals surface area contributed by atoms with Crippen LogP contribution in [0, 0.1) is 5.41 Å². The summed E-state index contributed by atoms with van der Waals surface area (Å²) in [5.41, 5.74) is 18.7. The molecule has 4 aliphatic rings. The topological polar surface area (TPSA) is 56.7 Å². The van der Waals surface area contributed by atoms with E-state index in [1.807, 2.05) is 66.9 Å². The summed E-state index contributed by atoms with van der Waals surface area (Å²) >= 11 is 0. The molecule has 2 heterocycles. The van der Waals surface area contributed by atoms with Crippen LogP contribution in [0.5, 0.6) is 0 Å². The minimum absolute atomic E-state index is 0.120. The fourth-order valence-corrected chi connectivity index (χ4v) is 9.58. The lowest BCUT2D eigenvalue weighted by atomic mass is 9.83. The first-order valence-electron chi connectivity index (χ1n) is 20.4. The largest absolute Gasteiger partial charge is 0.333 e. The van der Waals surface area contributed by atoms with Gasteiger partial charge in [-0.15, -0.1) is 0 Å². The van der Waals surface area contributed by atoms with Crippen LogP contribution in [0.15, 0.2) is 168 Å². The van der Waals surface area contributed by atoms with Gasteiger partial charge < -0.3 is 9.47 Å². The van der Waals surface area contributed by atoms with Gasteiger partial charge in [-0.05, 0) is 72.6 Å². The van der Waals surface area contributed by atoms with Crippen LogP contribution < -0.4 is 4.90 Å². The van der Waals surface area contributed by atoms with Crippen LogP contribution in [0.3, 0.4) is 0 Å². The Morgan fingerprint density at radius 3 is 2.21 bits per heavy atom. The summed E-state index contributed by atoms with van der Waals surface area (Å²) in [7, 11) is 0. The molecule has 1 atom stereocenters. The summed E-state index contributed by atoms with van der Waals surface area (Å²) in [5, 5.41) is 10.1. The number of fused-ring (bicyclic) bond motifs is 9. The lowest BCUT2D eigenvalue weighted by Gasteiger charge is -2.34. The number of aliphatic imine (C=N–C) groups is 2. The molecule has 0 spiro atoms. The van der Waals surface area contributed by atoms with Crippen LogP contribution in [-0.4, -0.2) is 28.5 Å². The first-order valence-corrected chi connectivity index (χ1v) is 20.4. The first-order chi connectivity index (χ1) is 28.7. The van der Waals surface area contributed by atoms with Gasteiger partial charge in [0, 0.05) is 62.1 Å². The highest BCUT2D eigenvalue weighted by Crippen LogP contribution is 2.53. The number of benzene rings is 6. The number of nitrogens with one attached hydrogen (secondary N) is 1. The zero-order valence-corrected chi connectivity index (χ0v) is 32.1. The van der Waals surface area contributed by atoms with E-state index in [-0.39, 0.29) is 11.9 Å². The highest BCUT2D eigenvalue weighted by molar-refractivity contribution is 6.13. The van der Waals surface area contributed by atoms with Gasteiger partial charge in [0.1, 0.15) is 0 Å². The van der Waals surface area contributed by atoms with Crippen molar-refractivity contribution < 1.29 is 0 Å². The molecule has 1 aromatic heterocycles. The molecule has 11 rings (SSSR count). The average molecular weight is 748 g/mol. The van der Waals surface area contributed by atoms with E-state index in [0.717, 1.165) is 54.5 Å². The van der Waals surface area contributed by atoms with E-state index in [1.165, 1.54) is 66.9 Å². The summed E-state index contributed by atoms with van der Waals surface area (Å²) in [4.78, 5) is 12.1. The Labute approximate surface area is 338 Å². The van der Waals surface area contributed by atoms with Gasteiger partial charge in [0.15, 0.2) is 11.7 Å². The molecule has 6 aromatic carbocycles. The van der Waals surface area contributed by atoms with Gasteiger partial charge in [0.2, 0.25) is 0 Å². The zero-order chi connectivity index (χ0) is 38.6. The second-order valence-electron chi connectivity index (χ2n) is 15.5. The number of hydrogen-bond donors (Lipinski definition) is 1. The monoisotopic (exact) mass is 747 g/mol. The van der Waals surface area contributed by atoms with Crippen LogP contribution in [-0.2, 0) is 19.3 Å². The molecule has 0 amide bonds. The van der Waals surface area contributed by atoms with Gasteiger partial charge in [0.05, 0.1) is 17.3 Å². The molecule has 0 fully saturated rings. The maximum Gasteiger partial charge on any atom is 0.161 e. The maximum absolute atomic E-state index is 8.70. The Kier molecular flexibility index (Phi) is 8.32. The van der Waals surface area contributed by atoms with Gasteiger partial charge in [-0.3, -0.25) is 5.41 Å². The van der Waals surface area contributed by atoms with E-state index >= 15 is 0 Å². The third kappa shape index (κ3) is 5.65. The van der Waals surface area contributed by atoms with E-state index in [4.69, 9.17) is 10.4 Å². The van der Waals surface area contributed by atoms with Gasteiger partial charge >= 0.3 is 0 Å². The predicted molar refractivity (Wildman–Crippen MR) is 242 cm³/mol. The highest BCUT2D eigenvalue weighted by atomic mass is 15.2. The van der Waals surface area contributed by atoms with E-state index in [2.05, 4.69) is 124 Å². The number of aryl methyl sites for hydroxylation is 1. The predicted octanol–water partition coefficient (Wildman–Crippen LogP) is 11.9. The summed E-state index contributed by atoms with van der Waals surface area (Å²) in [6, 6.07) is 51.2. The lowest BCUT2D eigenvalue weighted by Crippen LogP contribution is -2.32. The molecule has 278 valence electrons. The Bertz CT molecular complexity index is 2920. The Hall–Kier alpha value is -7.11. The molecular formula is C53H41N5. The van der Waals surface area contributed by atoms with Crippen LogP contribution in [0.25, 0.3) is 34.3 Å². The minimum Gasteiger partial charge on any atom is -0.333 e. The van der Waals surface area contributed by atoms with Crippen molar-refractivity contribution in [3.8, 4) is 0 Å². The van der Waals surface area contributed by atoms with Gasteiger partial charge in [-0.25, -0.2) is 9.98 Å². The molecule has 1 N–H and O–H groups in total. The molecule has 0 saturated carbocycles. The van der Waals surface area contributed by atoms with Crippen molar-refractivity contribution in [1.82, 2.24) is 4.57 Å². The smallest absolute Gasteiger partial charge is 0.161 e. The standard InChI is InChI=1S/C53H41N5/c54-52(37-16-3-1-4-17-37)56-53(38-18-5-2-6-19-38)55-34-35-27-30-40(31-28-35)57-47-26-14-12-24-45(47)49-48(57)33-39-20-8-10-22-42(39)51(49)58-46-25-13-11-23-43(46)44-32-29-36-15-7-9-21-41(36)50(44)58/h1-8,10-12,14-20,22-24,26-32,34,48,54H,9,13,21,25,33H2. The fraction of sp³-hybridized carbons (Fsp3) is 0.113. The van der Waals surface area contributed by atoms with Crippen molar-refractivity contribution in [1.29, 1.82) is 5.41 Å². The molecule has 0 bridgehead atoms. The Balaban J connectivity index is 1.03. The first kappa shape index (κ1) is 34.2. The highest BCUT2D eigenvalue weighted by Gasteiger charge is 2.42. The number of rotatable bonds is 5. The number of hydrogen-bond acceptors (Lipinski definition) is 2. The van der Waals surface area contributed by atoms with Gasteiger partial charge in [0.25, 0.3) is 0 Å². The number of aromatic nitrogens is 1. The Morgan fingerprint density at radius 1 is 0.672 bits per heavy atom. The molecule has 1 aliphatic heterocycles. The number of allylic oxidation sites excluding steroid dienone is 2. The molecule has 3 aliphatic carbocycles. The van der Waals surface area contributed by atoms with E-state index in [0.29, 0.717) is 5.84 Å². The molecule has 5 nitrogen and oxygen atoms in total. The lowest BCUT2D eigenvalue weighted by molar-refractivity contribution is 0.792. The third-order valence-corrected chi connectivity index (χ3v) is 12.2. The number of nitrogens with zero attached hydrogens (tertiary/aromatic N) is 4. The Morgan fingerprint density at radius 2 is 1.38 bits per heavy atom. The molecule has 1 unspecified atom stereocenters. The number of anilines is 2. The molecule has 7 aromatic rings. The normalized spacial score (nSPS) is 16.7. The van der Waals surface area contributed by atoms with Crippen molar-refractivity contribution in [3.05, 3.63) is 214 Å². The molecule has 0 radical (unpaired) electrons. The maximum atomic E-state index is 8.70. The summed E-state index contributed by atoms with van der Waals surface area (Å²) < 4.78 is 2.70. The third-order valence-electron chi connectivity index (χ3n) is 12.2. The fourth-order valence-electron chi connectivity index (χ4n) is 9.58. The van der Waals surface area contributed by atoms with Crippen molar-refractivity contribution in [2.75, 3.05) is 4.90 Å². The summed E-state index contributed by atoms with van der Waals surface area (Å²) in [5.74, 6) is 0.682. The van der Waals surface area contributed by atoms with Crippen LogP contribution >= 0.6 is 0 Å². The number of amidine groups is 2. The van der Waals surface area contributed by atoms with Crippen molar-refractivity contribution in [3.63, 3.8) is 0 Å². The van der Waals surface area contributed by atoms with E-state index < -0.39 is 0 Å². The van der Waals surface area contributed by atoms with Crippen LogP contribution in [0.4, 0.5) is 11.4 Å². The van der Waals surface area contributed by atoms with Crippen molar-refractivity contribution >= 4 is 63.6 Å². The van der Waals surface area contributed by atoms with Gasteiger partial charge in [-0.2, -0.15) is 0 Å². The molecular weight excluding hydrogens is 707 g/mol. The molecule has 58 heavy (non-hydrogen) atoms. The van der Waals surface area contributed by atoms with Gasteiger partial charge in [-0.1, -0.05) is 152 Å². The SMILES string of the molecule is N=C(N=C(N=Cc1ccc(N2c3ccccc3C3=C(n4c5c(c6ccc7c(c64)CCC=C7)C=CCC5)c4ccccc4CC32)cc1)c1ccccc1)c1ccccc1. The minimum atomic E-state index is 0.120.